The predicted octanol–water partition coefficient (Wildman–Crippen LogP) is 3.85. The highest BCUT2D eigenvalue weighted by Gasteiger charge is 2.34. The van der Waals surface area contributed by atoms with E-state index < -0.39 is 12.0 Å². The molecule has 3 heterocycles. The molecule has 6 nitrogen and oxygen atoms in total. The van der Waals surface area contributed by atoms with Crippen LogP contribution in [-0.4, -0.2) is 17.1 Å². The van der Waals surface area contributed by atoms with Gasteiger partial charge in [-0.25, -0.2) is 9.79 Å². The van der Waals surface area contributed by atoms with Crippen molar-refractivity contribution in [2.24, 2.45) is 4.99 Å². The molecule has 1 aliphatic heterocycles. The van der Waals surface area contributed by atoms with E-state index in [1.807, 2.05) is 61.5 Å². The molecule has 5 rings (SSSR count). The second-order valence-corrected chi connectivity index (χ2v) is 8.83. The third-order valence-corrected chi connectivity index (χ3v) is 6.65. The molecule has 33 heavy (non-hydrogen) atoms. The van der Waals surface area contributed by atoms with Gasteiger partial charge in [0.25, 0.3) is 5.56 Å². The fraction of sp³-hybridized carbons (Fsp3) is 0.192. The van der Waals surface area contributed by atoms with Gasteiger partial charge in [0.1, 0.15) is 11.5 Å². The number of rotatable bonds is 4. The highest BCUT2D eigenvalue weighted by molar-refractivity contribution is 7.07. The zero-order valence-corrected chi connectivity index (χ0v) is 19.3. The Balaban J connectivity index is 1.81. The first-order chi connectivity index (χ1) is 16.0. The van der Waals surface area contributed by atoms with Gasteiger partial charge >= 0.3 is 5.97 Å². The molecule has 4 aromatic rings. The van der Waals surface area contributed by atoms with Crippen molar-refractivity contribution in [1.29, 1.82) is 0 Å². The van der Waals surface area contributed by atoms with Crippen molar-refractivity contribution >= 4 is 34.2 Å². The average Bonchev–Trinajstić information content (AvgIpc) is 3.35. The lowest BCUT2D eigenvalue weighted by Crippen LogP contribution is -2.40. The third kappa shape index (κ3) is 3.64. The number of aromatic nitrogens is 1. The minimum Gasteiger partial charge on any atom is -0.463 e. The van der Waals surface area contributed by atoms with E-state index in [1.54, 1.807) is 24.5 Å². The van der Waals surface area contributed by atoms with Crippen LogP contribution in [0.15, 0.2) is 80.1 Å². The first-order valence-corrected chi connectivity index (χ1v) is 11.5. The lowest BCUT2D eigenvalue weighted by molar-refractivity contribution is -0.139. The number of allylic oxidation sites excluding steroid dienone is 1. The fourth-order valence-electron chi connectivity index (χ4n) is 4.23. The minimum atomic E-state index is -0.646. The second-order valence-electron chi connectivity index (χ2n) is 7.82. The van der Waals surface area contributed by atoms with Crippen LogP contribution in [0.4, 0.5) is 0 Å². The molecule has 0 fully saturated rings. The Morgan fingerprint density at radius 1 is 1.15 bits per heavy atom. The Bertz CT molecular complexity index is 1600. The van der Waals surface area contributed by atoms with E-state index in [4.69, 9.17) is 9.15 Å². The Morgan fingerprint density at radius 2 is 1.94 bits per heavy atom. The number of ether oxygens (including phenoxy) is 1. The smallest absolute Gasteiger partial charge is 0.338 e. The first kappa shape index (κ1) is 21.2. The highest BCUT2D eigenvalue weighted by atomic mass is 32.1. The van der Waals surface area contributed by atoms with Gasteiger partial charge in [0.2, 0.25) is 0 Å². The summed E-state index contributed by atoms with van der Waals surface area (Å²) in [7, 11) is 0. The Hall–Kier alpha value is -3.71. The molecule has 0 aliphatic carbocycles. The van der Waals surface area contributed by atoms with Crippen LogP contribution in [0, 0.1) is 6.92 Å². The molecular formula is C26H22N2O4S. The standard InChI is InChI=1S/C26H22N2O4S/c1-4-31-25(30)22-16(3)27-26-28(24(29)21(33-26)14-18-13-12-15(2)32-18)23(22)20-11-7-9-17-8-5-6-10-19(17)20/h5-14,23H,4H2,1-3H3. The molecule has 1 aliphatic rings. The minimum absolute atomic E-state index is 0.222. The van der Waals surface area contributed by atoms with E-state index in [1.165, 1.54) is 11.3 Å². The van der Waals surface area contributed by atoms with Crippen LogP contribution in [0.25, 0.3) is 16.8 Å². The van der Waals surface area contributed by atoms with Crippen molar-refractivity contribution in [3.05, 3.63) is 103 Å². The number of benzene rings is 2. The normalized spacial score (nSPS) is 16.1. The molecule has 0 radical (unpaired) electrons. The van der Waals surface area contributed by atoms with E-state index >= 15 is 0 Å². The molecular weight excluding hydrogens is 436 g/mol. The second kappa shape index (κ2) is 8.33. The summed E-state index contributed by atoms with van der Waals surface area (Å²) >= 11 is 1.28. The van der Waals surface area contributed by atoms with Crippen LogP contribution in [0.5, 0.6) is 0 Å². The zero-order chi connectivity index (χ0) is 23.1. The Morgan fingerprint density at radius 3 is 2.70 bits per heavy atom. The van der Waals surface area contributed by atoms with Gasteiger partial charge in [-0.3, -0.25) is 9.36 Å². The number of fused-ring (bicyclic) bond motifs is 2. The average molecular weight is 459 g/mol. The summed E-state index contributed by atoms with van der Waals surface area (Å²) in [6.07, 6.45) is 1.72. The van der Waals surface area contributed by atoms with Crippen molar-refractivity contribution in [2.45, 2.75) is 26.8 Å². The van der Waals surface area contributed by atoms with Gasteiger partial charge in [0.15, 0.2) is 4.80 Å². The van der Waals surface area contributed by atoms with Crippen molar-refractivity contribution in [3.8, 4) is 0 Å². The number of carbonyl (C=O) groups is 1. The molecule has 0 spiro atoms. The van der Waals surface area contributed by atoms with Crippen LogP contribution in [0.3, 0.4) is 0 Å². The SMILES string of the molecule is CCOC(=O)C1=C(C)N=c2sc(=Cc3ccc(C)o3)c(=O)n2C1c1cccc2ccccc12. The summed E-state index contributed by atoms with van der Waals surface area (Å²) in [6, 6.07) is 16.9. The van der Waals surface area contributed by atoms with Gasteiger partial charge in [-0.2, -0.15) is 0 Å². The molecule has 0 saturated carbocycles. The number of hydrogen-bond donors (Lipinski definition) is 0. The Labute approximate surface area is 193 Å². The summed E-state index contributed by atoms with van der Waals surface area (Å²) in [4.78, 5) is 31.9. The lowest BCUT2D eigenvalue weighted by Gasteiger charge is -2.25. The van der Waals surface area contributed by atoms with Crippen molar-refractivity contribution in [3.63, 3.8) is 0 Å². The number of carbonyl (C=O) groups excluding carboxylic acids is 1. The largest absolute Gasteiger partial charge is 0.463 e. The third-order valence-electron chi connectivity index (χ3n) is 5.67. The van der Waals surface area contributed by atoms with E-state index in [2.05, 4.69) is 4.99 Å². The molecule has 166 valence electrons. The van der Waals surface area contributed by atoms with Crippen LogP contribution in [0.2, 0.25) is 0 Å². The Kier molecular flexibility index (Phi) is 5.34. The van der Waals surface area contributed by atoms with Crippen LogP contribution in [0.1, 0.15) is 37.0 Å². The van der Waals surface area contributed by atoms with E-state index in [9.17, 15) is 9.59 Å². The van der Waals surface area contributed by atoms with Gasteiger partial charge in [-0.15, -0.1) is 0 Å². The molecule has 0 bridgehead atoms. The van der Waals surface area contributed by atoms with Crippen LogP contribution >= 0.6 is 11.3 Å². The summed E-state index contributed by atoms with van der Waals surface area (Å²) in [6.45, 7) is 5.65. The number of hydrogen-bond acceptors (Lipinski definition) is 6. The van der Waals surface area contributed by atoms with Crippen LogP contribution < -0.4 is 14.9 Å². The highest BCUT2D eigenvalue weighted by Crippen LogP contribution is 2.34. The number of esters is 1. The van der Waals surface area contributed by atoms with E-state index in [0.29, 0.717) is 26.4 Å². The molecule has 1 unspecified atom stereocenters. The molecule has 7 heteroatoms. The summed E-state index contributed by atoms with van der Waals surface area (Å²) in [5.74, 6) is 0.900. The number of nitrogens with zero attached hydrogens (tertiary/aromatic N) is 2. The van der Waals surface area contributed by atoms with Gasteiger partial charge in [-0.05, 0) is 49.2 Å². The van der Waals surface area contributed by atoms with Crippen molar-refractivity contribution in [2.75, 3.05) is 6.61 Å². The van der Waals surface area contributed by atoms with Gasteiger partial charge in [-0.1, -0.05) is 53.8 Å². The molecule has 1 atom stereocenters. The first-order valence-electron chi connectivity index (χ1n) is 10.7. The number of furan rings is 1. The van der Waals surface area contributed by atoms with E-state index in [0.717, 1.165) is 22.1 Å². The van der Waals surface area contributed by atoms with E-state index in [-0.39, 0.29) is 12.2 Å². The number of aryl methyl sites for hydroxylation is 1. The summed E-state index contributed by atoms with van der Waals surface area (Å²) in [5.41, 5.74) is 1.56. The van der Waals surface area contributed by atoms with Gasteiger partial charge < -0.3 is 9.15 Å². The summed E-state index contributed by atoms with van der Waals surface area (Å²) < 4.78 is 13.1. The van der Waals surface area contributed by atoms with Gasteiger partial charge in [0, 0.05) is 6.08 Å². The fourth-order valence-corrected chi connectivity index (χ4v) is 5.26. The maximum Gasteiger partial charge on any atom is 0.338 e. The van der Waals surface area contributed by atoms with Crippen LogP contribution in [-0.2, 0) is 9.53 Å². The molecule has 0 N–H and O–H groups in total. The molecule has 0 amide bonds. The topological polar surface area (TPSA) is 73.8 Å². The molecule has 2 aromatic carbocycles. The lowest BCUT2D eigenvalue weighted by atomic mass is 9.91. The maximum absolute atomic E-state index is 13.6. The zero-order valence-electron chi connectivity index (χ0n) is 18.5. The predicted molar refractivity (Wildman–Crippen MR) is 128 cm³/mol. The van der Waals surface area contributed by atoms with Crippen molar-refractivity contribution in [1.82, 2.24) is 4.57 Å². The summed E-state index contributed by atoms with van der Waals surface area (Å²) in [5, 5.41) is 2.00. The number of thiazole rings is 1. The maximum atomic E-state index is 13.6. The van der Waals surface area contributed by atoms with Crippen molar-refractivity contribution < 1.29 is 13.9 Å². The molecule has 0 saturated heterocycles. The molecule has 2 aromatic heterocycles. The quantitative estimate of drug-likeness (QED) is 0.436. The van der Waals surface area contributed by atoms with Gasteiger partial charge in [0.05, 0.1) is 28.5 Å². The monoisotopic (exact) mass is 458 g/mol.